The van der Waals surface area contributed by atoms with Crippen molar-refractivity contribution in [3.63, 3.8) is 0 Å². The highest BCUT2D eigenvalue weighted by Crippen LogP contribution is 2.28. The number of nitrogens with zero attached hydrogens (tertiary/aromatic N) is 5. The minimum absolute atomic E-state index is 0.171. The fourth-order valence-electron chi connectivity index (χ4n) is 2.97. The topological polar surface area (TPSA) is 88.8 Å². The first-order chi connectivity index (χ1) is 12.4. The zero-order valence-electron chi connectivity index (χ0n) is 14.9. The number of benzene rings is 1. The van der Waals surface area contributed by atoms with E-state index in [1.54, 1.807) is 12.4 Å². The van der Waals surface area contributed by atoms with Gasteiger partial charge in [-0.25, -0.2) is 14.6 Å². The number of rotatable bonds is 3. The van der Waals surface area contributed by atoms with Crippen LogP contribution in [0.5, 0.6) is 5.75 Å². The quantitative estimate of drug-likeness (QED) is 0.589. The Morgan fingerprint density at radius 1 is 1.12 bits per heavy atom. The molecule has 0 unspecified atom stereocenters. The van der Waals surface area contributed by atoms with E-state index < -0.39 is 0 Å². The maximum atomic E-state index is 10.5. The lowest BCUT2D eigenvalue weighted by Gasteiger charge is -2.19. The number of hydrogen-bond acceptors (Lipinski definition) is 6. The van der Waals surface area contributed by atoms with E-state index in [4.69, 9.17) is 0 Å². The second-order valence-corrected chi connectivity index (χ2v) is 7.19. The zero-order valence-corrected chi connectivity index (χ0v) is 14.9. The van der Waals surface area contributed by atoms with Gasteiger partial charge in [-0.15, -0.1) is 0 Å². The highest BCUT2D eigenvalue weighted by atomic mass is 16.3. The van der Waals surface area contributed by atoms with Crippen molar-refractivity contribution in [1.82, 2.24) is 24.7 Å². The Balaban J connectivity index is 1.67. The summed E-state index contributed by atoms with van der Waals surface area (Å²) in [6, 6.07) is 7.62. The van der Waals surface area contributed by atoms with Crippen LogP contribution in [0.2, 0.25) is 0 Å². The van der Waals surface area contributed by atoms with Crippen LogP contribution < -0.4 is 5.32 Å². The fourth-order valence-corrected chi connectivity index (χ4v) is 2.97. The first kappa shape index (κ1) is 16.3. The van der Waals surface area contributed by atoms with Crippen LogP contribution in [0.25, 0.3) is 21.9 Å². The Kier molecular flexibility index (Phi) is 3.72. The van der Waals surface area contributed by atoms with E-state index in [1.807, 2.05) is 28.9 Å². The average Bonchev–Trinajstić information content (AvgIpc) is 3.06. The molecule has 0 aliphatic heterocycles. The predicted molar refractivity (Wildman–Crippen MR) is 101 cm³/mol. The molecule has 0 amide bonds. The number of nitrogens with one attached hydrogen (secondary N) is 1. The maximum Gasteiger partial charge on any atom is 0.163 e. The summed E-state index contributed by atoms with van der Waals surface area (Å²) in [5.74, 6) is 0.873. The van der Waals surface area contributed by atoms with Gasteiger partial charge in [0.25, 0.3) is 0 Å². The molecule has 3 heterocycles. The highest BCUT2D eigenvalue weighted by Gasteiger charge is 2.19. The molecule has 0 aliphatic rings. The van der Waals surface area contributed by atoms with E-state index in [0.717, 1.165) is 22.0 Å². The highest BCUT2D eigenvalue weighted by molar-refractivity contribution is 5.87. The number of phenolic OH excluding ortho intramolecular Hbond substituents is 1. The predicted octanol–water partition coefficient (Wildman–Crippen LogP) is 3.45. The van der Waals surface area contributed by atoms with Gasteiger partial charge in [-0.05, 0) is 26.8 Å². The lowest BCUT2D eigenvalue weighted by Crippen LogP contribution is -2.23. The number of fused-ring (bicyclic) bond motifs is 2. The van der Waals surface area contributed by atoms with E-state index in [2.05, 4.69) is 46.1 Å². The zero-order chi connectivity index (χ0) is 18.3. The van der Waals surface area contributed by atoms with E-state index in [9.17, 15) is 5.11 Å². The molecule has 0 radical (unpaired) electrons. The summed E-state index contributed by atoms with van der Waals surface area (Å²) >= 11 is 0. The van der Waals surface area contributed by atoms with Crippen molar-refractivity contribution < 1.29 is 5.11 Å². The van der Waals surface area contributed by atoms with Gasteiger partial charge in [0.05, 0.1) is 17.1 Å². The Labute approximate surface area is 150 Å². The molecule has 0 saturated heterocycles. The monoisotopic (exact) mass is 348 g/mol. The SMILES string of the molecule is CC(C)(C)n1ncc2c(NCc3ccc4cccnc4c3O)ncnc21. The van der Waals surface area contributed by atoms with Crippen LogP contribution in [0, 0.1) is 0 Å². The molecule has 0 saturated carbocycles. The molecular weight excluding hydrogens is 328 g/mol. The minimum atomic E-state index is -0.171. The van der Waals surface area contributed by atoms with Gasteiger partial charge in [-0.1, -0.05) is 18.2 Å². The summed E-state index contributed by atoms with van der Waals surface area (Å²) < 4.78 is 1.88. The summed E-state index contributed by atoms with van der Waals surface area (Å²) in [5.41, 5.74) is 1.96. The van der Waals surface area contributed by atoms with Crippen molar-refractivity contribution in [1.29, 1.82) is 0 Å². The molecule has 7 heteroatoms. The van der Waals surface area contributed by atoms with Crippen molar-refractivity contribution >= 4 is 27.8 Å². The summed E-state index contributed by atoms with van der Waals surface area (Å²) in [5, 5.41) is 20.0. The molecule has 0 aliphatic carbocycles. The van der Waals surface area contributed by atoms with Crippen LogP contribution in [0.3, 0.4) is 0 Å². The van der Waals surface area contributed by atoms with E-state index in [-0.39, 0.29) is 11.3 Å². The van der Waals surface area contributed by atoms with E-state index in [1.165, 1.54) is 6.33 Å². The van der Waals surface area contributed by atoms with Gasteiger partial charge in [0.1, 0.15) is 23.4 Å². The maximum absolute atomic E-state index is 10.5. The van der Waals surface area contributed by atoms with Crippen molar-refractivity contribution in [2.45, 2.75) is 32.9 Å². The standard InChI is InChI=1S/C19H20N6O/c1-19(2,3)25-18-14(10-24-25)17(22-11-23-18)21-9-13-7-6-12-5-4-8-20-15(12)16(13)26/h4-8,10-11,26H,9H2,1-3H3,(H,21,22,23). The Bertz CT molecular complexity index is 1100. The third-order valence-electron chi connectivity index (χ3n) is 4.28. The second kappa shape index (κ2) is 5.94. The van der Waals surface area contributed by atoms with Gasteiger partial charge in [-0.2, -0.15) is 5.10 Å². The number of hydrogen-bond donors (Lipinski definition) is 2. The lowest BCUT2D eigenvalue weighted by molar-refractivity contribution is 0.366. The molecule has 2 N–H and O–H groups in total. The summed E-state index contributed by atoms with van der Waals surface area (Å²) in [6.45, 7) is 6.66. The molecule has 0 atom stereocenters. The Morgan fingerprint density at radius 2 is 1.96 bits per heavy atom. The largest absolute Gasteiger partial charge is 0.505 e. The third kappa shape index (κ3) is 2.71. The molecule has 26 heavy (non-hydrogen) atoms. The Morgan fingerprint density at radius 3 is 2.77 bits per heavy atom. The second-order valence-electron chi connectivity index (χ2n) is 7.19. The lowest BCUT2D eigenvalue weighted by atomic mass is 10.1. The van der Waals surface area contributed by atoms with Crippen molar-refractivity contribution in [2.75, 3.05) is 5.32 Å². The first-order valence-corrected chi connectivity index (χ1v) is 8.44. The third-order valence-corrected chi connectivity index (χ3v) is 4.28. The van der Waals surface area contributed by atoms with Crippen LogP contribution in [0.4, 0.5) is 5.82 Å². The number of pyridine rings is 1. The van der Waals surface area contributed by atoms with Crippen molar-refractivity contribution in [3.05, 3.63) is 48.5 Å². The van der Waals surface area contributed by atoms with E-state index >= 15 is 0 Å². The molecule has 0 bridgehead atoms. The molecule has 132 valence electrons. The fraction of sp³-hybridized carbons (Fsp3) is 0.263. The molecule has 3 aromatic heterocycles. The van der Waals surface area contributed by atoms with Crippen molar-refractivity contribution in [2.24, 2.45) is 0 Å². The summed E-state index contributed by atoms with van der Waals surface area (Å²) in [6.07, 6.45) is 4.97. The van der Waals surface area contributed by atoms with Crippen molar-refractivity contribution in [3.8, 4) is 5.75 Å². The van der Waals surface area contributed by atoms with Gasteiger partial charge < -0.3 is 10.4 Å². The van der Waals surface area contributed by atoms with Gasteiger partial charge in [0.15, 0.2) is 5.65 Å². The van der Waals surface area contributed by atoms with E-state index in [0.29, 0.717) is 17.9 Å². The molecule has 1 aromatic carbocycles. The van der Waals surface area contributed by atoms with Crippen LogP contribution >= 0.6 is 0 Å². The molecule has 0 fully saturated rings. The number of phenols is 1. The number of anilines is 1. The van der Waals surface area contributed by atoms with Gasteiger partial charge >= 0.3 is 0 Å². The number of aromatic nitrogens is 5. The van der Waals surface area contributed by atoms with Crippen LogP contribution in [-0.4, -0.2) is 29.8 Å². The first-order valence-electron chi connectivity index (χ1n) is 8.44. The van der Waals surface area contributed by atoms with Gasteiger partial charge in [-0.3, -0.25) is 4.98 Å². The normalized spacial score (nSPS) is 12.0. The Hall–Kier alpha value is -3.22. The molecular formula is C19H20N6O. The average molecular weight is 348 g/mol. The molecule has 4 rings (SSSR count). The van der Waals surface area contributed by atoms with Crippen LogP contribution in [0.1, 0.15) is 26.3 Å². The molecule has 0 spiro atoms. The minimum Gasteiger partial charge on any atom is -0.505 e. The summed E-state index contributed by atoms with van der Waals surface area (Å²) in [7, 11) is 0. The molecule has 4 aromatic rings. The summed E-state index contributed by atoms with van der Waals surface area (Å²) in [4.78, 5) is 13.0. The van der Waals surface area contributed by atoms with Crippen LogP contribution in [-0.2, 0) is 12.1 Å². The number of aromatic hydroxyl groups is 1. The smallest absolute Gasteiger partial charge is 0.163 e. The van der Waals surface area contributed by atoms with Crippen LogP contribution in [0.15, 0.2) is 43.0 Å². The molecule has 7 nitrogen and oxygen atoms in total. The van der Waals surface area contributed by atoms with Gasteiger partial charge in [0, 0.05) is 23.7 Å². The van der Waals surface area contributed by atoms with Gasteiger partial charge in [0.2, 0.25) is 0 Å².